The van der Waals surface area contributed by atoms with E-state index < -0.39 is 22.1 Å². The van der Waals surface area contributed by atoms with Crippen molar-refractivity contribution in [2.75, 3.05) is 19.6 Å². The van der Waals surface area contributed by atoms with Crippen LogP contribution >= 0.6 is 0 Å². The molecule has 1 aliphatic heterocycles. The second-order valence-corrected chi connectivity index (χ2v) is 5.27. The van der Waals surface area contributed by atoms with Gasteiger partial charge in [0, 0.05) is 19.6 Å². The van der Waals surface area contributed by atoms with Crippen LogP contribution < -0.4 is 4.72 Å². The van der Waals surface area contributed by atoms with E-state index >= 15 is 0 Å². The molecule has 0 spiro atoms. The van der Waals surface area contributed by atoms with Crippen molar-refractivity contribution in [3.8, 4) is 0 Å². The highest BCUT2D eigenvalue weighted by Crippen LogP contribution is 2.18. The normalized spacial score (nSPS) is 20.3. The molecule has 15 heavy (non-hydrogen) atoms. The van der Waals surface area contributed by atoms with Crippen LogP contribution in [0.4, 0.5) is 0 Å². The number of rotatable bonds is 4. The van der Waals surface area contributed by atoms with Gasteiger partial charge in [0.25, 0.3) is 10.2 Å². The zero-order valence-electron chi connectivity index (χ0n) is 8.64. The lowest BCUT2D eigenvalue weighted by Gasteiger charge is -2.29. The first-order valence-electron chi connectivity index (χ1n) is 4.95. The fraction of sp³-hybridized carbons (Fsp3) is 0.875. The van der Waals surface area contributed by atoms with E-state index in [-0.39, 0.29) is 13.1 Å². The number of carboxylic acids is 1. The number of aliphatic carboxylic acids is 1. The highest BCUT2D eigenvalue weighted by molar-refractivity contribution is 7.87. The molecule has 0 radical (unpaired) electrons. The molecule has 7 heteroatoms. The second-order valence-electron chi connectivity index (χ2n) is 3.51. The van der Waals surface area contributed by atoms with Crippen molar-refractivity contribution in [2.45, 2.75) is 19.8 Å². The van der Waals surface area contributed by atoms with Crippen molar-refractivity contribution in [3.05, 3.63) is 0 Å². The van der Waals surface area contributed by atoms with Crippen LogP contribution in [0, 0.1) is 5.92 Å². The Morgan fingerprint density at radius 1 is 1.47 bits per heavy atom. The number of hydrogen-bond donors (Lipinski definition) is 2. The fourth-order valence-corrected chi connectivity index (χ4v) is 2.86. The summed E-state index contributed by atoms with van der Waals surface area (Å²) in [6.07, 6.45) is 0.778. The predicted molar refractivity (Wildman–Crippen MR) is 54.5 cm³/mol. The van der Waals surface area contributed by atoms with E-state index in [0.717, 1.165) is 0 Å². The molecular weight excluding hydrogens is 220 g/mol. The van der Waals surface area contributed by atoms with Crippen LogP contribution in [0.3, 0.4) is 0 Å². The minimum atomic E-state index is -3.39. The summed E-state index contributed by atoms with van der Waals surface area (Å²) in [4.78, 5) is 10.7. The fourth-order valence-electron chi connectivity index (χ4n) is 1.62. The Balaban J connectivity index is 2.54. The van der Waals surface area contributed by atoms with Gasteiger partial charge in [0.1, 0.15) is 0 Å². The van der Waals surface area contributed by atoms with Crippen molar-refractivity contribution in [1.82, 2.24) is 9.03 Å². The lowest BCUT2D eigenvalue weighted by molar-refractivity contribution is -0.142. The number of nitrogens with zero attached hydrogens (tertiary/aromatic N) is 1. The van der Waals surface area contributed by atoms with Crippen molar-refractivity contribution in [3.63, 3.8) is 0 Å². The summed E-state index contributed by atoms with van der Waals surface area (Å²) in [6.45, 7) is 2.63. The lowest BCUT2D eigenvalue weighted by Crippen LogP contribution is -2.45. The maximum absolute atomic E-state index is 11.5. The summed E-state index contributed by atoms with van der Waals surface area (Å²) < 4.78 is 26.7. The third-order valence-electron chi connectivity index (χ3n) is 2.47. The highest BCUT2D eigenvalue weighted by Gasteiger charge is 2.30. The van der Waals surface area contributed by atoms with Crippen LogP contribution in [0.5, 0.6) is 0 Å². The molecule has 1 saturated heterocycles. The Kier molecular flexibility index (Phi) is 4.06. The van der Waals surface area contributed by atoms with Gasteiger partial charge < -0.3 is 5.11 Å². The predicted octanol–water partition coefficient (Wildman–Crippen LogP) is -0.363. The topological polar surface area (TPSA) is 86.7 Å². The molecule has 1 heterocycles. The third kappa shape index (κ3) is 3.15. The van der Waals surface area contributed by atoms with Gasteiger partial charge in [-0.2, -0.15) is 12.7 Å². The quantitative estimate of drug-likeness (QED) is 0.697. The molecule has 0 saturated carbocycles. The van der Waals surface area contributed by atoms with Gasteiger partial charge in [-0.15, -0.1) is 0 Å². The summed E-state index contributed by atoms with van der Waals surface area (Å²) in [5.74, 6) is -1.24. The molecule has 0 aliphatic carbocycles. The van der Waals surface area contributed by atoms with Gasteiger partial charge in [-0.25, -0.2) is 4.72 Å². The first-order valence-corrected chi connectivity index (χ1v) is 6.39. The molecule has 0 atom stereocenters. The lowest BCUT2D eigenvalue weighted by atomic mass is 9.99. The van der Waals surface area contributed by atoms with Crippen molar-refractivity contribution >= 4 is 16.2 Å². The molecule has 1 fully saturated rings. The first-order chi connectivity index (χ1) is 6.97. The summed E-state index contributed by atoms with van der Waals surface area (Å²) >= 11 is 0. The van der Waals surface area contributed by atoms with Gasteiger partial charge in [0.15, 0.2) is 0 Å². The van der Waals surface area contributed by atoms with Gasteiger partial charge in [-0.05, 0) is 12.8 Å². The Labute approximate surface area is 89.4 Å². The average Bonchev–Trinajstić information content (AvgIpc) is 2.18. The SMILES string of the molecule is CCNS(=O)(=O)N1CCC(C(=O)O)CC1. The van der Waals surface area contributed by atoms with Gasteiger partial charge in [-0.1, -0.05) is 6.92 Å². The molecule has 2 N–H and O–H groups in total. The first kappa shape index (κ1) is 12.4. The van der Waals surface area contributed by atoms with Gasteiger partial charge >= 0.3 is 5.97 Å². The minimum absolute atomic E-state index is 0.284. The van der Waals surface area contributed by atoms with Gasteiger partial charge in [-0.3, -0.25) is 4.79 Å². The second kappa shape index (κ2) is 4.91. The molecule has 0 aromatic heterocycles. The van der Waals surface area contributed by atoms with Gasteiger partial charge in [0.2, 0.25) is 0 Å². The maximum Gasteiger partial charge on any atom is 0.306 e. The zero-order valence-corrected chi connectivity index (χ0v) is 9.46. The van der Waals surface area contributed by atoms with E-state index in [9.17, 15) is 13.2 Å². The summed E-state index contributed by atoms with van der Waals surface area (Å²) in [5.41, 5.74) is 0. The van der Waals surface area contributed by atoms with E-state index in [1.165, 1.54) is 4.31 Å². The number of nitrogens with one attached hydrogen (secondary N) is 1. The Morgan fingerprint density at radius 3 is 2.40 bits per heavy atom. The standard InChI is InChI=1S/C8H16N2O4S/c1-2-9-15(13,14)10-5-3-7(4-6-10)8(11)12/h7,9H,2-6H2,1H3,(H,11,12). The van der Waals surface area contributed by atoms with Crippen LogP contribution in [-0.2, 0) is 15.0 Å². The smallest absolute Gasteiger partial charge is 0.306 e. The number of hydrogen-bond acceptors (Lipinski definition) is 3. The molecule has 1 rings (SSSR count). The molecule has 6 nitrogen and oxygen atoms in total. The maximum atomic E-state index is 11.5. The van der Waals surface area contributed by atoms with Crippen molar-refractivity contribution in [1.29, 1.82) is 0 Å². The van der Waals surface area contributed by atoms with Crippen LogP contribution in [0.2, 0.25) is 0 Å². The largest absolute Gasteiger partial charge is 0.481 e. The molecular formula is C8H16N2O4S. The monoisotopic (exact) mass is 236 g/mol. The molecule has 0 amide bonds. The molecule has 0 unspecified atom stereocenters. The Morgan fingerprint density at radius 2 is 2.00 bits per heavy atom. The summed E-state index contributed by atoms with van der Waals surface area (Å²) in [6, 6.07) is 0. The van der Waals surface area contributed by atoms with E-state index in [1.54, 1.807) is 6.92 Å². The van der Waals surface area contributed by atoms with Crippen molar-refractivity contribution in [2.24, 2.45) is 5.92 Å². The van der Waals surface area contributed by atoms with E-state index in [4.69, 9.17) is 5.11 Å². The Hall–Kier alpha value is -0.660. The highest BCUT2D eigenvalue weighted by atomic mass is 32.2. The van der Waals surface area contributed by atoms with E-state index in [1.807, 2.05) is 0 Å². The molecule has 0 aromatic rings. The summed E-state index contributed by atoms with van der Waals surface area (Å²) in [5, 5.41) is 8.75. The van der Waals surface area contributed by atoms with Crippen LogP contribution in [0.25, 0.3) is 0 Å². The third-order valence-corrected chi connectivity index (χ3v) is 4.17. The molecule has 1 aliphatic rings. The zero-order chi connectivity index (χ0) is 11.5. The van der Waals surface area contributed by atoms with E-state index in [0.29, 0.717) is 19.4 Å². The van der Waals surface area contributed by atoms with E-state index in [2.05, 4.69) is 4.72 Å². The van der Waals surface area contributed by atoms with Crippen LogP contribution in [0.15, 0.2) is 0 Å². The molecule has 0 bridgehead atoms. The summed E-state index contributed by atoms with van der Waals surface area (Å²) in [7, 11) is -3.39. The molecule has 88 valence electrons. The van der Waals surface area contributed by atoms with Crippen LogP contribution in [-0.4, -0.2) is 43.4 Å². The van der Waals surface area contributed by atoms with Crippen molar-refractivity contribution < 1.29 is 18.3 Å². The Bertz CT molecular complexity index is 320. The van der Waals surface area contributed by atoms with Crippen LogP contribution in [0.1, 0.15) is 19.8 Å². The number of carbonyl (C=O) groups is 1. The molecule has 0 aromatic carbocycles. The number of carboxylic acid groups (broad SMARTS) is 1. The van der Waals surface area contributed by atoms with Gasteiger partial charge in [0.05, 0.1) is 5.92 Å². The number of piperidine rings is 1. The average molecular weight is 236 g/mol. The minimum Gasteiger partial charge on any atom is -0.481 e.